The maximum Gasteiger partial charge on any atom is 0.338 e. The van der Waals surface area contributed by atoms with Gasteiger partial charge in [-0.05, 0) is 78.6 Å². The van der Waals surface area contributed by atoms with Gasteiger partial charge in [0.05, 0.1) is 36.3 Å². The smallest absolute Gasteiger partial charge is 0.338 e. The number of rotatable bonds is 16. The van der Waals surface area contributed by atoms with Crippen molar-refractivity contribution in [2.24, 2.45) is 22.7 Å². The highest BCUT2D eigenvalue weighted by atomic mass is 28.4. The van der Waals surface area contributed by atoms with Crippen LogP contribution in [-0.4, -0.2) is 105 Å². The lowest BCUT2D eigenvalue weighted by Gasteiger charge is -2.70. The number of hydrogen-bond donors (Lipinski definition) is 3. The van der Waals surface area contributed by atoms with Crippen molar-refractivity contribution >= 4 is 40.4 Å². The zero-order valence-corrected chi connectivity index (χ0v) is 47.6. The lowest BCUT2D eigenvalue weighted by molar-refractivity contribution is -0.361. The van der Waals surface area contributed by atoms with Gasteiger partial charge in [0, 0.05) is 42.1 Å². The molecule has 3 N–H and O–H groups in total. The number of amides is 1. The van der Waals surface area contributed by atoms with Gasteiger partial charge >= 0.3 is 17.9 Å². The number of nitrogens with one attached hydrogen (secondary N) is 1. The summed E-state index contributed by atoms with van der Waals surface area (Å²) in [6.07, 6.45) is -6.71. The first-order valence-electron chi connectivity index (χ1n) is 26.3. The Hall–Kier alpha value is -4.49. The van der Waals surface area contributed by atoms with Gasteiger partial charge in [-0.15, -0.1) is 0 Å². The Balaban J connectivity index is 1.44. The Labute approximate surface area is 435 Å². The number of hydrogen-bond acceptors (Lipinski definition) is 12. The standard InChI is InChI=1S/C58H81NO12Si2/c1-15-73(16-2,17-3)70-43-33-44-57(35-66-44,69-38(6)60)48-50(68-52(63)41-31-25-20-26-32-41)58(65)34-42(36(4)45(55(58,10)11)37(5)49(61)56(43,48)12)67-53(64)47(71-72(13,14)54(7,8)9)46(39-27-21-18-22-28-39)59-51(62)40-29-23-19-24-30-40/h18-32,37,42-44,46-50,61,65H,15-17,33-35H2,1-14H3,(H,59,62)/t37-,42-,43?,44+,46-,47+,48-,49-,50-,56+,57-,58+/m0/s1. The molecule has 0 aromatic heterocycles. The predicted molar refractivity (Wildman–Crippen MR) is 284 cm³/mol. The van der Waals surface area contributed by atoms with Crippen molar-refractivity contribution in [1.82, 2.24) is 5.32 Å². The predicted octanol–water partition coefficient (Wildman–Crippen LogP) is 10.3. The van der Waals surface area contributed by atoms with Crippen LogP contribution in [0.1, 0.15) is 128 Å². The van der Waals surface area contributed by atoms with Crippen molar-refractivity contribution in [2.45, 2.75) is 186 Å². The van der Waals surface area contributed by atoms with Crippen LogP contribution in [0.2, 0.25) is 36.3 Å². The molecule has 398 valence electrons. The molecule has 1 unspecified atom stereocenters. The number of esters is 3. The maximum atomic E-state index is 15.6. The maximum absolute atomic E-state index is 15.6. The molecule has 2 bridgehead atoms. The summed E-state index contributed by atoms with van der Waals surface area (Å²) in [7, 11) is -5.32. The molecule has 7 rings (SSSR count). The Bertz CT molecular complexity index is 2500. The summed E-state index contributed by atoms with van der Waals surface area (Å²) in [5, 5.41) is 30.7. The molecule has 0 radical (unpaired) electrons. The average molecular weight is 1040 g/mol. The zero-order chi connectivity index (χ0) is 53.7. The summed E-state index contributed by atoms with van der Waals surface area (Å²) in [5.41, 5.74) is -3.71. The SMILES string of the molecule is CC[Si](CC)(CC)OC1C[C@H]2OC[C@@]2(OC(C)=O)[C@H]2[C@H](OC(=O)c3ccccc3)[C@]3(O)C[C@H](OC(=O)[C@H](O[Si](C)(C)C(C)(C)C)[C@@H](NC(=O)c4ccccc4)c4ccccc4)C(C)=C([C@H](C)[C@H](O)[C@]12C)C3(C)C. The number of carbonyl (C=O) groups is 4. The zero-order valence-electron chi connectivity index (χ0n) is 45.6. The van der Waals surface area contributed by atoms with E-state index >= 15 is 4.79 Å². The van der Waals surface area contributed by atoms with Gasteiger partial charge < -0.3 is 43.3 Å². The summed E-state index contributed by atoms with van der Waals surface area (Å²) in [5.74, 6) is -4.36. The Morgan fingerprint density at radius 1 is 0.849 bits per heavy atom. The van der Waals surface area contributed by atoms with Crippen LogP contribution in [0, 0.1) is 22.7 Å². The normalized spacial score (nSPS) is 30.7. The van der Waals surface area contributed by atoms with Gasteiger partial charge in [0.2, 0.25) is 0 Å². The average Bonchev–Trinajstić information content (AvgIpc) is 3.35. The van der Waals surface area contributed by atoms with E-state index in [4.69, 9.17) is 27.8 Å². The van der Waals surface area contributed by atoms with E-state index in [1.807, 2.05) is 84.1 Å². The molecule has 1 aliphatic heterocycles. The van der Waals surface area contributed by atoms with Crippen molar-refractivity contribution in [2.75, 3.05) is 6.61 Å². The van der Waals surface area contributed by atoms with Gasteiger partial charge in [0.1, 0.15) is 23.9 Å². The van der Waals surface area contributed by atoms with Crippen molar-refractivity contribution in [3.05, 3.63) is 119 Å². The second-order valence-corrected chi connectivity index (χ2v) is 33.0. The summed E-state index contributed by atoms with van der Waals surface area (Å²) in [6, 6.07) is 27.9. The molecule has 3 aromatic carbocycles. The highest BCUT2D eigenvalue weighted by molar-refractivity contribution is 6.74. The van der Waals surface area contributed by atoms with Gasteiger partial charge in [-0.2, -0.15) is 0 Å². The van der Waals surface area contributed by atoms with Gasteiger partial charge in [-0.25, -0.2) is 9.59 Å². The number of fused-ring (bicyclic) bond motifs is 5. The quantitative estimate of drug-likeness (QED) is 0.0537. The third-order valence-electron chi connectivity index (χ3n) is 18.3. The first-order valence-corrected chi connectivity index (χ1v) is 31.8. The van der Waals surface area contributed by atoms with E-state index < -0.39 is 117 Å². The van der Waals surface area contributed by atoms with Crippen LogP contribution in [0.15, 0.2) is 102 Å². The molecular weight excluding hydrogens is 959 g/mol. The first-order chi connectivity index (χ1) is 34.2. The largest absolute Gasteiger partial charge is 0.456 e. The molecule has 2 saturated carbocycles. The fourth-order valence-corrected chi connectivity index (χ4v) is 16.9. The molecule has 3 aliphatic carbocycles. The van der Waals surface area contributed by atoms with E-state index in [2.05, 4.69) is 46.9 Å². The molecule has 73 heavy (non-hydrogen) atoms. The Morgan fingerprint density at radius 3 is 1.90 bits per heavy atom. The fraction of sp³-hybridized carbons (Fsp3) is 0.586. The highest BCUT2D eigenvalue weighted by Gasteiger charge is 2.78. The number of benzene rings is 3. The summed E-state index contributed by atoms with van der Waals surface area (Å²) >= 11 is 0. The minimum absolute atomic E-state index is 0.0820. The molecular formula is C58H81NO12Si2. The minimum atomic E-state index is -2.85. The monoisotopic (exact) mass is 1040 g/mol. The first kappa shape index (κ1) is 56.2. The van der Waals surface area contributed by atoms with Crippen LogP contribution in [-0.2, 0) is 37.4 Å². The van der Waals surface area contributed by atoms with E-state index in [9.17, 15) is 24.6 Å². The molecule has 12 atom stereocenters. The van der Waals surface area contributed by atoms with E-state index in [1.54, 1.807) is 54.6 Å². The Morgan fingerprint density at radius 2 is 1.40 bits per heavy atom. The highest BCUT2D eigenvalue weighted by Crippen LogP contribution is 2.67. The third kappa shape index (κ3) is 9.97. The number of aliphatic hydroxyl groups excluding tert-OH is 1. The van der Waals surface area contributed by atoms with E-state index in [1.165, 1.54) is 6.92 Å². The molecule has 0 spiro atoms. The molecule has 1 saturated heterocycles. The Kier molecular flexibility index (Phi) is 16.1. The van der Waals surface area contributed by atoms with Gasteiger partial charge in [0.15, 0.2) is 28.3 Å². The van der Waals surface area contributed by atoms with Crippen LogP contribution in [0.3, 0.4) is 0 Å². The lowest BCUT2D eigenvalue weighted by Crippen LogP contribution is -2.82. The minimum Gasteiger partial charge on any atom is -0.456 e. The molecule has 13 nitrogen and oxygen atoms in total. The number of carbonyl (C=O) groups excluding carboxylic acids is 4. The van der Waals surface area contributed by atoms with Crippen molar-refractivity contribution in [1.29, 1.82) is 0 Å². The molecule has 1 amide bonds. The lowest BCUT2D eigenvalue weighted by atomic mass is 9.43. The van der Waals surface area contributed by atoms with Crippen LogP contribution < -0.4 is 5.32 Å². The molecule has 1 heterocycles. The van der Waals surface area contributed by atoms with Gasteiger partial charge in [-0.1, -0.05) is 142 Å². The van der Waals surface area contributed by atoms with E-state index in [-0.39, 0.29) is 30.1 Å². The van der Waals surface area contributed by atoms with Gasteiger partial charge in [0.25, 0.3) is 5.91 Å². The van der Waals surface area contributed by atoms with E-state index in [0.717, 1.165) is 18.1 Å². The number of aliphatic hydroxyl groups is 2. The molecule has 15 heteroatoms. The topological polar surface area (TPSA) is 176 Å². The van der Waals surface area contributed by atoms with Crippen molar-refractivity contribution in [3.63, 3.8) is 0 Å². The summed E-state index contributed by atoms with van der Waals surface area (Å²) in [4.78, 5) is 58.2. The van der Waals surface area contributed by atoms with Crippen molar-refractivity contribution in [3.8, 4) is 0 Å². The number of ether oxygens (including phenoxy) is 4. The van der Waals surface area contributed by atoms with Crippen LogP contribution in [0.5, 0.6) is 0 Å². The third-order valence-corrected chi connectivity index (χ3v) is 27.4. The second-order valence-electron chi connectivity index (χ2n) is 23.5. The summed E-state index contributed by atoms with van der Waals surface area (Å²) in [6.45, 7) is 27.4. The molecule has 3 fully saturated rings. The van der Waals surface area contributed by atoms with Crippen LogP contribution in [0.25, 0.3) is 0 Å². The van der Waals surface area contributed by atoms with Crippen LogP contribution >= 0.6 is 0 Å². The molecule has 4 aliphatic rings. The second kappa shape index (κ2) is 20.9. The fourth-order valence-electron chi connectivity index (χ4n) is 12.7. The summed E-state index contributed by atoms with van der Waals surface area (Å²) < 4.78 is 41.1. The van der Waals surface area contributed by atoms with Crippen molar-refractivity contribution < 1.29 is 57.2 Å². The van der Waals surface area contributed by atoms with Gasteiger partial charge in [-0.3, -0.25) is 9.59 Å². The molecule has 3 aromatic rings. The van der Waals surface area contributed by atoms with E-state index in [0.29, 0.717) is 22.3 Å². The van der Waals surface area contributed by atoms with Crippen LogP contribution in [0.4, 0.5) is 0 Å².